The summed E-state index contributed by atoms with van der Waals surface area (Å²) < 4.78 is 0. The largest absolute Gasteiger partial charge is 0.0842 e. The monoisotopic (exact) mass is 312 g/mol. The second kappa shape index (κ2) is 7.96. The first kappa shape index (κ1) is 17.3. The van der Waals surface area contributed by atoms with Gasteiger partial charge in [0, 0.05) is 0 Å². The van der Waals surface area contributed by atoms with Crippen LogP contribution in [0.15, 0.2) is 35.1 Å². The molecule has 120 valence electrons. The second-order valence-corrected chi connectivity index (χ2v) is 8.74. The lowest BCUT2D eigenvalue weighted by Crippen LogP contribution is -2.26. The Morgan fingerprint density at radius 2 is 1.68 bits per heavy atom. The molecule has 0 spiro atoms. The van der Waals surface area contributed by atoms with Crippen LogP contribution in [0.4, 0.5) is 0 Å². The fourth-order valence-corrected chi connectivity index (χ4v) is 6.19. The molecule has 0 aliphatic heterocycles. The van der Waals surface area contributed by atoms with E-state index < -0.39 is 0 Å². The van der Waals surface area contributed by atoms with Crippen LogP contribution in [0, 0.1) is 26.7 Å². The van der Waals surface area contributed by atoms with Crippen LogP contribution in [0.5, 0.6) is 0 Å². The molecule has 0 aromatic heterocycles. The first-order valence-corrected chi connectivity index (χ1v) is 10.4. The maximum atomic E-state index is 2.50. The molecule has 1 aliphatic carbocycles. The molecule has 0 saturated carbocycles. The first-order chi connectivity index (χ1) is 10.6. The highest BCUT2D eigenvalue weighted by atomic mass is 28.2. The van der Waals surface area contributed by atoms with Crippen molar-refractivity contribution in [3.05, 3.63) is 51.7 Å². The Kier molecular flexibility index (Phi) is 6.25. The Balaban J connectivity index is 2.21. The van der Waals surface area contributed by atoms with E-state index in [9.17, 15) is 0 Å². The number of unbranched alkanes of at least 4 members (excludes halogenated alkanes) is 2. The summed E-state index contributed by atoms with van der Waals surface area (Å²) in [6.07, 6.45) is 11.6. The molecule has 1 aromatic rings. The highest BCUT2D eigenvalue weighted by Crippen LogP contribution is 2.30. The van der Waals surface area contributed by atoms with E-state index in [0.717, 1.165) is 5.92 Å². The van der Waals surface area contributed by atoms with Crippen molar-refractivity contribution in [2.75, 3.05) is 0 Å². The molecule has 1 heteroatoms. The number of aryl methyl sites for hydroxylation is 3. The van der Waals surface area contributed by atoms with Crippen LogP contribution in [0.25, 0.3) is 0 Å². The van der Waals surface area contributed by atoms with Gasteiger partial charge in [-0.1, -0.05) is 90.0 Å². The average Bonchev–Trinajstić information content (AvgIpc) is 2.85. The van der Waals surface area contributed by atoms with Gasteiger partial charge in [0.2, 0.25) is 0 Å². The normalized spacial score (nSPS) is 18.1. The van der Waals surface area contributed by atoms with Crippen LogP contribution in [-0.2, 0) is 0 Å². The van der Waals surface area contributed by atoms with E-state index in [0.29, 0.717) is 0 Å². The van der Waals surface area contributed by atoms with Crippen molar-refractivity contribution in [1.29, 1.82) is 0 Å². The molecule has 0 radical (unpaired) electrons. The van der Waals surface area contributed by atoms with Gasteiger partial charge in [-0.15, -0.1) is 0 Å². The van der Waals surface area contributed by atoms with Gasteiger partial charge in [-0.3, -0.25) is 0 Å². The maximum Gasteiger partial charge on any atom is 0.0842 e. The lowest BCUT2D eigenvalue weighted by molar-refractivity contribution is 0.608. The summed E-state index contributed by atoms with van der Waals surface area (Å²) in [4.78, 5) is 0. The van der Waals surface area contributed by atoms with Crippen molar-refractivity contribution in [3.63, 3.8) is 0 Å². The second-order valence-electron chi connectivity index (χ2n) is 6.92. The van der Waals surface area contributed by atoms with E-state index in [4.69, 9.17) is 0 Å². The molecule has 0 heterocycles. The minimum absolute atomic E-state index is 0.332. The zero-order chi connectivity index (χ0) is 16.1. The van der Waals surface area contributed by atoms with Crippen molar-refractivity contribution in [1.82, 2.24) is 0 Å². The number of hydrogen-bond acceptors (Lipinski definition) is 0. The summed E-state index contributed by atoms with van der Waals surface area (Å²) in [5.74, 6) is 0.744. The zero-order valence-electron chi connectivity index (χ0n) is 15.1. The van der Waals surface area contributed by atoms with Crippen LogP contribution in [0.3, 0.4) is 0 Å². The number of rotatable bonds is 7. The molecule has 0 nitrogen and oxygen atoms in total. The standard InChI is InChI=1S/C21H32Si/c1-6-8-9-10-19-12-11-18(7-2)21(19)22-20-16(4)13-15(3)14-17(20)5/h11-14,19H,6-10,22H2,1-5H3. The molecule has 0 amide bonds. The summed E-state index contributed by atoms with van der Waals surface area (Å²) in [6.45, 7) is 11.4. The molecule has 1 aliphatic rings. The van der Waals surface area contributed by atoms with E-state index in [1.165, 1.54) is 48.8 Å². The Bertz CT molecular complexity index is 555. The Morgan fingerprint density at radius 3 is 2.27 bits per heavy atom. The van der Waals surface area contributed by atoms with Crippen molar-refractivity contribution < 1.29 is 0 Å². The van der Waals surface area contributed by atoms with Crippen LogP contribution in [0.1, 0.15) is 62.6 Å². The summed E-state index contributed by atoms with van der Waals surface area (Å²) in [6, 6.07) is 4.74. The fourth-order valence-electron chi connectivity index (χ4n) is 3.85. The molecule has 22 heavy (non-hydrogen) atoms. The summed E-state index contributed by atoms with van der Waals surface area (Å²) in [5.41, 5.74) is 6.09. The quantitative estimate of drug-likeness (QED) is 0.499. The van der Waals surface area contributed by atoms with Crippen LogP contribution < -0.4 is 5.19 Å². The molecule has 0 fully saturated rings. The van der Waals surface area contributed by atoms with E-state index in [1.807, 2.05) is 5.20 Å². The smallest absolute Gasteiger partial charge is 0.0775 e. The third kappa shape index (κ3) is 4.01. The molecular weight excluding hydrogens is 280 g/mol. The topological polar surface area (TPSA) is 0 Å². The fraction of sp³-hybridized carbons (Fsp3) is 0.524. The highest BCUT2D eigenvalue weighted by molar-refractivity contribution is 6.62. The van der Waals surface area contributed by atoms with Gasteiger partial charge in [0.15, 0.2) is 0 Å². The third-order valence-electron chi connectivity index (χ3n) is 5.10. The molecule has 2 rings (SSSR count). The van der Waals surface area contributed by atoms with Gasteiger partial charge >= 0.3 is 0 Å². The maximum absolute atomic E-state index is 2.50. The molecule has 0 N–H and O–H groups in total. The Labute approximate surface area is 139 Å². The van der Waals surface area contributed by atoms with E-state index >= 15 is 0 Å². The minimum atomic E-state index is -0.332. The van der Waals surface area contributed by atoms with Crippen molar-refractivity contribution >= 4 is 14.7 Å². The van der Waals surface area contributed by atoms with Crippen LogP contribution >= 0.6 is 0 Å². The van der Waals surface area contributed by atoms with Gasteiger partial charge in [0.1, 0.15) is 0 Å². The predicted octanol–water partition coefficient (Wildman–Crippen LogP) is 4.84. The van der Waals surface area contributed by atoms with E-state index in [-0.39, 0.29) is 9.52 Å². The van der Waals surface area contributed by atoms with Gasteiger partial charge in [-0.2, -0.15) is 0 Å². The van der Waals surface area contributed by atoms with Crippen molar-refractivity contribution in [2.45, 2.75) is 66.7 Å². The van der Waals surface area contributed by atoms with E-state index in [1.54, 1.807) is 10.8 Å². The Morgan fingerprint density at radius 1 is 1.00 bits per heavy atom. The van der Waals surface area contributed by atoms with Crippen LogP contribution in [0.2, 0.25) is 0 Å². The molecular formula is C21H32Si. The van der Waals surface area contributed by atoms with Gasteiger partial charge in [0.25, 0.3) is 0 Å². The predicted molar refractivity (Wildman–Crippen MR) is 103 cm³/mol. The number of hydrogen-bond donors (Lipinski definition) is 0. The lowest BCUT2D eigenvalue weighted by Gasteiger charge is -2.18. The van der Waals surface area contributed by atoms with Gasteiger partial charge in [-0.05, 0) is 39.5 Å². The van der Waals surface area contributed by atoms with E-state index in [2.05, 4.69) is 58.9 Å². The summed E-state index contributed by atoms with van der Waals surface area (Å²) in [7, 11) is -0.332. The average molecular weight is 313 g/mol. The minimum Gasteiger partial charge on any atom is -0.0775 e. The van der Waals surface area contributed by atoms with Crippen molar-refractivity contribution in [3.8, 4) is 0 Å². The number of benzene rings is 1. The lowest BCUT2D eigenvalue weighted by atomic mass is 10.0. The molecule has 1 unspecified atom stereocenters. The zero-order valence-corrected chi connectivity index (χ0v) is 16.5. The van der Waals surface area contributed by atoms with Crippen molar-refractivity contribution in [2.24, 2.45) is 5.92 Å². The third-order valence-corrected chi connectivity index (χ3v) is 7.93. The molecule has 1 aromatic carbocycles. The SMILES string of the molecule is CCCCCC1C=CC(CC)=C1[SiH2]c1c(C)cc(C)cc1C. The molecule has 1 atom stereocenters. The van der Waals surface area contributed by atoms with Gasteiger partial charge in [-0.25, -0.2) is 0 Å². The molecule has 0 bridgehead atoms. The number of allylic oxidation sites excluding steroid dienone is 4. The van der Waals surface area contributed by atoms with Crippen LogP contribution in [-0.4, -0.2) is 9.52 Å². The Hall–Kier alpha value is -1.08. The van der Waals surface area contributed by atoms with Gasteiger partial charge in [0.05, 0.1) is 9.52 Å². The highest BCUT2D eigenvalue weighted by Gasteiger charge is 2.21. The van der Waals surface area contributed by atoms with Gasteiger partial charge < -0.3 is 0 Å². The molecule has 0 saturated heterocycles. The first-order valence-electron chi connectivity index (χ1n) is 9.03. The summed E-state index contributed by atoms with van der Waals surface area (Å²) >= 11 is 0. The summed E-state index contributed by atoms with van der Waals surface area (Å²) in [5, 5.41) is 3.52.